The highest BCUT2D eigenvalue weighted by Gasteiger charge is 2.54. The Hall–Kier alpha value is -2.36. The van der Waals surface area contributed by atoms with Crippen molar-refractivity contribution in [1.29, 1.82) is 0 Å². The molecule has 0 fully saturated rings. The Kier molecular flexibility index (Phi) is 10.1. The normalized spacial score (nSPS) is 16.5. The minimum absolute atomic E-state index is 0.0901. The third-order valence-electron chi connectivity index (χ3n) is 4.97. The summed E-state index contributed by atoms with van der Waals surface area (Å²) in [6.45, 7) is 2.43. The lowest BCUT2D eigenvalue weighted by Crippen LogP contribution is -2.27. The van der Waals surface area contributed by atoms with Gasteiger partial charge in [-0.25, -0.2) is 9.97 Å². The lowest BCUT2D eigenvalue weighted by atomic mass is 10.3. The summed E-state index contributed by atoms with van der Waals surface area (Å²) in [5, 5.41) is 0.292. The van der Waals surface area contributed by atoms with Crippen molar-refractivity contribution in [1.82, 2.24) is 19.5 Å². The van der Waals surface area contributed by atoms with Crippen molar-refractivity contribution in [2.24, 2.45) is 0 Å². The topological polar surface area (TPSA) is 163 Å². The Bertz CT molecular complexity index is 1430. The minimum Gasteiger partial charge on any atom is -0.490 e. The van der Waals surface area contributed by atoms with Crippen molar-refractivity contribution in [2.45, 2.75) is 54.4 Å². The standard InChI is InChI=1S/C21H25F6N5O6P2S/c1-12(2)38-13-5-3-4-6-14(13)41-17-15-16(30-18(28)31-17)32(11-29-15)7-8-37-19(39(33,34)9-20(22,23)24)40(35,36)10-21(25,26)27/h3-6,11-12,19H,7-10H2,1-2H3,(H,33,34)(H,35,36)(H2,28,30,31). The van der Waals surface area contributed by atoms with Crippen LogP contribution in [-0.2, 0) is 20.4 Å². The molecule has 0 radical (unpaired) electrons. The van der Waals surface area contributed by atoms with E-state index in [-0.39, 0.29) is 23.2 Å². The monoisotopic (exact) mass is 651 g/mol. The molecule has 2 aromatic heterocycles. The maximum atomic E-state index is 12.8. The highest BCUT2D eigenvalue weighted by atomic mass is 32.2. The van der Waals surface area contributed by atoms with Gasteiger partial charge < -0.3 is 29.6 Å². The molecule has 0 amide bonds. The Morgan fingerprint density at radius 1 is 1.02 bits per heavy atom. The lowest BCUT2D eigenvalue weighted by Gasteiger charge is -2.28. The largest absolute Gasteiger partial charge is 0.490 e. The molecule has 0 aliphatic carbocycles. The highest BCUT2D eigenvalue weighted by Crippen LogP contribution is 2.67. The van der Waals surface area contributed by atoms with Gasteiger partial charge in [0, 0.05) is 6.54 Å². The Balaban J connectivity index is 1.87. The van der Waals surface area contributed by atoms with Gasteiger partial charge in [-0.3, -0.25) is 9.13 Å². The smallest absolute Gasteiger partial charge is 0.398 e. The van der Waals surface area contributed by atoms with Crippen molar-refractivity contribution in [3.05, 3.63) is 30.6 Å². The number of hydrogen-bond acceptors (Lipinski definition) is 9. The fourth-order valence-corrected chi connectivity index (χ4v) is 9.31. The number of rotatable bonds is 12. The molecule has 0 bridgehead atoms. The SMILES string of the molecule is CC(C)Oc1ccccc1Sc1nc(N)nc2c1ncn2CCOC(P(=O)(O)CC(F)(F)F)P(=O)(O)CC(F)(F)F. The molecule has 2 atom stereocenters. The number of aromatic nitrogens is 4. The quantitative estimate of drug-likeness (QED) is 0.132. The van der Waals surface area contributed by atoms with Gasteiger partial charge in [-0.15, -0.1) is 0 Å². The second-order valence-corrected chi connectivity index (χ2v) is 15.0. The van der Waals surface area contributed by atoms with Gasteiger partial charge in [-0.05, 0) is 26.0 Å². The van der Waals surface area contributed by atoms with Crippen molar-refractivity contribution < 1.29 is 54.7 Å². The molecule has 41 heavy (non-hydrogen) atoms. The van der Waals surface area contributed by atoms with E-state index in [0.29, 0.717) is 15.7 Å². The van der Waals surface area contributed by atoms with Gasteiger partial charge >= 0.3 is 12.4 Å². The minimum atomic E-state index is -5.80. The first kappa shape index (κ1) is 33.1. The van der Waals surface area contributed by atoms with Crippen LogP contribution in [0.4, 0.5) is 32.3 Å². The summed E-state index contributed by atoms with van der Waals surface area (Å²) in [4.78, 5) is 32.9. The number of hydrogen-bond donors (Lipinski definition) is 3. The third-order valence-corrected chi connectivity index (χ3v) is 11.5. The number of halogens is 6. The zero-order valence-electron chi connectivity index (χ0n) is 21.3. The Morgan fingerprint density at radius 2 is 1.61 bits per heavy atom. The van der Waals surface area contributed by atoms with E-state index in [9.17, 15) is 45.3 Å². The molecular weight excluding hydrogens is 626 g/mol. The first-order valence-corrected chi connectivity index (χ1v) is 16.2. The number of ether oxygens (including phenoxy) is 2. The number of anilines is 1. The summed E-state index contributed by atoms with van der Waals surface area (Å²) in [5.74, 6) is 0.356. The van der Waals surface area contributed by atoms with Crippen molar-refractivity contribution >= 4 is 43.6 Å². The molecule has 20 heteroatoms. The molecule has 4 N–H and O–H groups in total. The summed E-state index contributed by atoms with van der Waals surface area (Å²) in [6, 6.07) is 7.04. The molecule has 3 aromatic rings. The fourth-order valence-electron chi connectivity index (χ4n) is 3.60. The van der Waals surface area contributed by atoms with E-state index in [1.807, 2.05) is 13.8 Å². The zero-order chi connectivity index (χ0) is 30.8. The molecule has 228 valence electrons. The Labute approximate surface area is 233 Å². The number of nitrogens with two attached hydrogens (primary N) is 1. The molecule has 0 aliphatic heterocycles. The van der Waals surface area contributed by atoms with Crippen LogP contribution in [-0.4, -0.2) is 72.3 Å². The van der Waals surface area contributed by atoms with Crippen LogP contribution in [0.25, 0.3) is 11.2 Å². The van der Waals surface area contributed by atoms with Crippen molar-refractivity contribution in [2.75, 3.05) is 24.7 Å². The molecule has 3 rings (SSSR count). The van der Waals surface area contributed by atoms with Gasteiger partial charge in [0.05, 0.1) is 23.9 Å². The maximum absolute atomic E-state index is 12.8. The van der Waals surface area contributed by atoms with Crippen LogP contribution < -0.4 is 10.5 Å². The number of alkyl halides is 6. The first-order valence-electron chi connectivity index (χ1n) is 11.6. The second kappa shape index (κ2) is 12.5. The third kappa shape index (κ3) is 9.32. The van der Waals surface area contributed by atoms with E-state index < -0.39 is 58.2 Å². The lowest BCUT2D eigenvalue weighted by molar-refractivity contribution is -0.108. The average molecular weight is 651 g/mol. The van der Waals surface area contributed by atoms with Gasteiger partial charge in [-0.2, -0.15) is 31.3 Å². The van der Waals surface area contributed by atoms with Gasteiger partial charge in [0.15, 0.2) is 5.65 Å². The van der Waals surface area contributed by atoms with Gasteiger partial charge in [0.1, 0.15) is 28.6 Å². The number of fused-ring (bicyclic) bond motifs is 1. The van der Waals surface area contributed by atoms with E-state index in [4.69, 9.17) is 15.2 Å². The van der Waals surface area contributed by atoms with Gasteiger partial charge in [0.25, 0.3) is 0 Å². The zero-order valence-corrected chi connectivity index (χ0v) is 23.9. The highest BCUT2D eigenvalue weighted by molar-refractivity contribution is 7.99. The molecule has 11 nitrogen and oxygen atoms in total. The molecule has 0 aliphatic rings. The average Bonchev–Trinajstić information content (AvgIpc) is 3.16. The van der Waals surface area contributed by atoms with E-state index in [1.165, 1.54) is 10.9 Å². The van der Waals surface area contributed by atoms with Gasteiger partial charge in [0.2, 0.25) is 26.3 Å². The predicted molar refractivity (Wildman–Crippen MR) is 137 cm³/mol. The van der Waals surface area contributed by atoms with E-state index in [0.717, 1.165) is 11.8 Å². The van der Waals surface area contributed by atoms with E-state index in [2.05, 4.69) is 15.0 Å². The van der Waals surface area contributed by atoms with Crippen molar-refractivity contribution in [3.8, 4) is 5.75 Å². The molecule has 0 saturated heterocycles. The molecule has 0 saturated carbocycles. The first-order chi connectivity index (χ1) is 18.8. The van der Waals surface area contributed by atoms with Crippen LogP contribution in [0.1, 0.15) is 13.8 Å². The predicted octanol–water partition coefficient (Wildman–Crippen LogP) is 5.31. The molecule has 0 spiro atoms. The fraction of sp³-hybridized carbons (Fsp3) is 0.476. The van der Waals surface area contributed by atoms with Crippen molar-refractivity contribution in [3.63, 3.8) is 0 Å². The summed E-state index contributed by atoms with van der Waals surface area (Å²) in [6.07, 6.45) is -14.6. The van der Waals surface area contributed by atoms with Gasteiger partial charge in [-0.1, -0.05) is 23.9 Å². The molecule has 2 unspecified atom stereocenters. The van der Waals surface area contributed by atoms with Crippen LogP contribution in [0, 0.1) is 0 Å². The van der Waals surface area contributed by atoms with Crippen LogP contribution >= 0.6 is 26.5 Å². The number of nitrogen functional groups attached to an aromatic ring is 1. The van der Waals surface area contributed by atoms with Crippen LogP contribution in [0.3, 0.4) is 0 Å². The van der Waals surface area contributed by atoms with Crippen LogP contribution in [0.15, 0.2) is 40.5 Å². The second-order valence-electron chi connectivity index (χ2n) is 8.97. The Morgan fingerprint density at radius 3 is 2.17 bits per heavy atom. The van der Waals surface area contributed by atoms with Crippen LogP contribution in [0.2, 0.25) is 0 Å². The summed E-state index contributed by atoms with van der Waals surface area (Å²) >= 11 is 1.14. The van der Waals surface area contributed by atoms with E-state index in [1.54, 1.807) is 24.3 Å². The number of benzene rings is 1. The van der Waals surface area contributed by atoms with Crippen LogP contribution in [0.5, 0.6) is 5.75 Å². The number of nitrogens with zero attached hydrogens (tertiary/aromatic N) is 4. The summed E-state index contributed by atoms with van der Waals surface area (Å²) in [7, 11) is -11.6. The molecule has 2 heterocycles. The molecular formula is C21H25F6N5O6P2S. The number of imidazole rings is 1. The summed E-state index contributed by atoms with van der Waals surface area (Å²) in [5.41, 5.74) is 3.01. The summed E-state index contributed by atoms with van der Waals surface area (Å²) < 4.78 is 114. The number of para-hydroxylation sites is 1. The van der Waals surface area contributed by atoms with E-state index >= 15 is 0 Å². The molecule has 1 aromatic carbocycles. The maximum Gasteiger partial charge on any atom is 0.398 e.